The summed E-state index contributed by atoms with van der Waals surface area (Å²) in [5, 5.41) is 11.0. The molecule has 3 rings (SSSR count). The minimum Gasteiger partial charge on any atom is -0.477 e. The molecule has 104 valence electrons. The second kappa shape index (κ2) is 4.90. The number of aromatic carboxylic acids is 1. The van der Waals surface area contributed by atoms with Crippen molar-refractivity contribution in [3.05, 3.63) is 76.2 Å². The van der Waals surface area contributed by atoms with Crippen LogP contribution in [0.25, 0.3) is 16.5 Å². The van der Waals surface area contributed by atoms with Gasteiger partial charge in [-0.3, -0.25) is 9.36 Å². The maximum Gasteiger partial charge on any atom is 0.341 e. The molecule has 0 spiro atoms. The summed E-state index contributed by atoms with van der Waals surface area (Å²) >= 11 is 0. The monoisotopic (exact) mass is 279 g/mol. The van der Waals surface area contributed by atoms with Crippen molar-refractivity contribution in [3.63, 3.8) is 0 Å². The molecule has 0 amide bonds. The van der Waals surface area contributed by atoms with Gasteiger partial charge < -0.3 is 5.11 Å². The fourth-order valence-corrected chi connectivity index (χ4v) is 2.50. The van der Waals surface area contributed by atoms with Gasteiger partial charge in [-0.25, -0.2) is 4.79 Å². The highest BCUT2D eigenvalue weighted by Gasteiger charge is 2.14. The number of benzene rings is 2. The fraction of sp³-hybridized carbons (Fsp3) is 0.0588. The Kier molecular flexibility index (Phi) is 3.06. The van der Waals surface area contributed by atoms with Crippen molar-refractivity contribution in [3.8, 4) is 5.69 Å². The molecule has 21 heavy (non-hydrogen) atoms. The standard InChI is InChI=1S/C17H13NO3/c1-11-9-10-14(17(20)21)16(19)18(11)15-8-4-6-12-5-2-3-7-13(12)15/h2-10H,1H3,(H,20,21). The first kappa shape index (κ1) is 13.1. The molecule has 0 atom stereocenters. The van der Waals surface area contributed by atoms with Gasteiger partial charge in [-0.1, -0.05) is 36.4 Å². The third-order valence-electron chi connectivity index (χ3n) is 3.52. The SMILES string of the molecule is Cc1ccc(C(=O)O)c(=O)n1-c1cccc2ccccc12. The molecule has 3 aromatic rings. The lowest BCUT2D eigenvalue weighted by molar-refractivity contribution is 0.0694. The lowest BCUT2D eigenvalue weighted by Crippen LogP contribution is -2.26. The van der Waals surface area contributed by atoms with Gasteiger partial charge in [0, 0.05) is 11.1 Å². The highest BCUT2D eigenvalue weighted by Crippen LogP contribution is 2.22. The predicted octanol–water partition coefficient (Wildman–Crippen LogP) is 3.00. The number of nitrogens with zero attached hydrogens (tertiary/aromatic N) is 1. The first-order valence-corrected chi connectivity index (χ1v) is 6.53. The van der Waals surface area contributed by atoms with E-state index in [9.17, 15) is 9.59 Å². The Morgan fingerprint density at radius 3 is 2.48 bits per heavy atom. The molecule has 0 bridgehead atoms. The number of pyridine rings is 1. The Morgan fingerprint density at radius 1 is 1.00 bits per heavy atom. The molecule has 0 saturated carbocycles. The summed E-state index contributed by atoms with van der Waals surface area (Å²) in [6.45, 7) is 1.79. The van der Waals surface area contributed by atoms with Crippen LogP contribution in [0, 0.1) is 6.92 Å². The van der Waals surface area contributed by atoms with Gasteiger partial charge in [-0.2, -0.15) is 0 Å². The summed E-state index contributed by atoms with van der Waals surface area (Å²) in [4.78, 5) is 23.6. The number of rotatable bonds is 2. The highest BCUT2D eigenvalue weighted by atomic mass is 16.4. The van der Waals surface area contributed by atoms with Crippen LogP contribution in [0.15, 0.2) is 59.4 Å². The van der Waals surface area contributed by atoms with E-state index in [0.717, 1.165) is 10.8 Å². The molecular formula is C17H13NO3. The summed E-state index contributed by atoms with van der Waals surface area (Å²) in [7, 11) is 0. The molecule has 0 aliphatic heterocycles. The van der Waals surface area contributed by atoms with Gasteiger partial charge >= 0.3 is 5.97 Å². The number of hydrogen-bond acceptors (Lipinski definition) is 2. The Labute approximate surface area is 120 Å². The molecule has 4 heteroatoms. The number of carboxylic acids is 1. The number of carbonyl (C=O) groups is 1. The summed E-state index contributed by atoms with van der Waals surface area (Å²) in [5.41, 5.74) is 0.646. The normalized spacial score (nSPS) is 10.7. The molecule has 0 unspecified atom stereocenters. The molecule has 1 N–H and O–H groups in total. The maximum atomic E-state index is 12.5. The van der Waals surface area contributed by atoms with Gasteiger partial charge in [0.15, 0.2) is 0 Å². The summed E-state index contributed by atoms with van der Waals surface area (Å²) in [6, 6.07) is 16.3. The van der Waals surface area contributed by atoms with E-state index in [2.05, 4.69) is 0 Å². The van der Waals surface area contributed by atoms with Crippen LogP contribution in [-0.2, 0) is 0 Å². The van der Waals surface area contributed by atoms with E-state index in [1.54, 1.807) is 13.0 Å². The van der Waals surface area contributed by atoms with Gasteiger partial charge in [0.05, 0.1) is 5.69 Å². The Morgan fingerprint density at radius 2 is 1.71 bits per heavy atom. The Balaban J connectivity index is 2.41. The molecule has 0 aliphatic rings. The molecule has 2 aromatic carbocycles. The van der Waals surface area contributed by atoms with Crippen molar-refractivity contribution >= 4 is 16.7 Å². The van der Waals surface area contributed by atoms with Crippen LogP contribution in [0.4, 0.5) is 0 Å². The molecule has 0 saturated heterocycles. The summed E-state index contributed by atoms with van der Waals surface area (Å²) < 4.78 is 1.45. The first-order chi connectivity index (χ1) is 10.1. The molecule has 1 heterocycles. The highest BCUT2D eigenvalue weighted by molar-refractivity contribution is 5.91. The number of hydrogen-bond donors (Lipinski definition) is 1. The number of aromatic nitrogens is 1. The Hall–Kier alpha value is -2.88. The van der Waals surface area contributed by atoms with Gasteiger partial charge in [-0.05, 0) is 30.5 Å². The molecule has 0 radical (unpaired) electrons. The second-order valence-corrected chi connectivity index (χ2v) is 4.83. The number of fused-ring (bicyclic) bond motifs is 1. The van der Waals surface area contributed by atoms with E-state index in [-0.39, 0.29) is 5.56 Å². The average Bonchev–Trinajstić information content (AvgIpc) is 2.47. The van der Waals surface area contributed by atoms with E-state index in [1.807, 2.05) is 42.5 Å². The van der Waals surface area contributed by atoms with E-state index < -0.39 is 11.5 Å². The van der Waals surface area contributed by atoms with Gasteiger partial charge in [-0.15, -0.1) is 0 Å². The molecule has 0 fully saturated rings. The van der Waals surface area contributed by atoms with E-state index in [4.69, 9.17) is 5.11 Å². The van der Waals surface area contributed by atoms with Crippen LogP contribution in [0.5, 0.6) is 0 Å². The van der Waals surface area contributed by atoms with Crippen LogP contribution in [-0.4, -0.2) is 15.6 Å². The molecule has 4 nitrogen and oxygen atoms in total. The van der Waals surface area contributed by atoms with Gasteiger partial charge in [0.2, 0.25) is 0 Å². The Bertz CT molecular complexity index is 904. The topological polar surface area (TPSA) is 59.3 Å². The van der Waals surface area contributed by atoms with E-state index >= 15 is 0 Å². The third kappa shape index (κ3) is 2.10. The van der Waals surface area contributed by atoms with Crippen LogP contribution < -0.4 is 5.56 Å². The van der Waals surface area contributed by atoms with Crippen LogP contribution in [0.2, 0.25) is 0 Å². The smallest absolute Gasteiger partial charge is 0.341 e. The van der Waals surface area contributed by atoms with Crippen molar-refractivity contribution in [2.75, 3.05) is 0 Å². The van der Waals surface area contributed by atoms with Crippen LogP contribution in [0.3, 0.4) is 0 Å². The van der Waals surface area contributed by atoms with Gasteiger partial charge in [0.1, 0.15) is 5.56 Å². The summed E-state index contributed by atoms with van der Waals surface area (Å²) in [6.07, 6.45) is 0. The molecular weight excluding hydrogens is 266 g/mol. The number of carboxylic acid groups (broad SMARTS) is 1. The second-order valence-electron chi connectivity index (χ2n) is 4.83. The van der Waals surface area contributed by atoms with Crippen LogP contribution in [0.1, 0.15) is 16.1 Å². The average molecular weight is 279 g/mol. The van der Waals surface area contributed by atoms with Crippen LogP contribution >= 0.6 is 0 Å². The third-order valence-corrected chi connectivity index (χ3v) is 3.52. The van der Waals surface area contributed by atoms with Gasteiger partial charge in [0.25, 0.3) is 5.56 Å². The van der Waals surface area contributed by atoms with Crippen molar-refractivity contribution in [2.24, 2.45) is 0 Å². The minimum absolute atomic E-state index is 0.228. The predicted molar refractivity (Wildman–Crippen MR) is 81.2 cm³/mol. The minimum atomic E-state index is -1.21. The summed E-state index contributed by atoms with van der Waals surface area (Å²) in [5.74, 6) is -1.21. The molecule has 0 aliphatic carbocycles. The zero-order chi connectivity index (χ0) is 15.0. The van der Waals surface area contributed by atoms with Crippen molar-refractivity contribution in [1.82, 2.24) is 4.57 Å². The molecule has 1 aromatic heterocycles. The van der Waals surface area contributed by atoms with Crippen molar-refractivity contribution in [2.45, 2.75) is 6.92 Å². The zero-order valence-electron chi connectivity index (χ0n) is 11.4. The zero-order valence-corrected chi connectivity index (χ0v) is 11.4. The van der Waals surface area contributed by atoms with E-state index in [0.29, 0.717) is 11.4 Å². The fourth-order valence-electron chi connectivity index (χ4n) is 2.50. The quantitative estimate of drug-likeness (QED) is 0.784. The first-order valence-electron chi connectivity index (χ1n) is 6.53. The lowest BCUT2D eigenvalue weighted by Gasteiger charge is -2.13. The van der Waals surface area contributed by atoms with Crippen molar-refractivity contribution < 1.29 is 9.90 Å². The largest absolute Gasteiger partial charge is 0.477 e. The van der Waals surface area contributed by atoms with Crippen molar-refractivity contribution in [1.29, 1.82) is 0 Å². The number of aryl methyl sites for hydroxylation is 1. The maximum absolute atomic E-state index is 12.5. The van der Waals surface area contributed by atoms with E-state index in [1.165, 1.54) is 10.6 Å². The lowest BCUT2D eigenvalue weighted by atomic mass is 10.1.